The van der Waals surface area contributed by atoms with Crippen LogP contribution in [0.4, 0.5) is 0 Å². The van der Waals surface area contributed by atoms with Gasteiger partial charge in [-0.05, 0) is 75.0 Å². The molecule has 5 aromatic carbocycles. The Hall–Kier alpha value is -3.45. The Labute approximate surface area is 170 Å². The lowest BCUT2D eigenvalue weighted by atomic mass is 9.88. The van der Waals surface area contributed by atoms with Gasteiger partial charge >= 0.3 is 0 Å². The fourth-order valence-electron chi connectivity index (χ4n) is 5.00. The molecule has 6 rings (SSSR count). The highest BCUT2D eigenvalue weighted by molar-refractivity contribution is 6.27. The summed E-state index contributed by atoms with van der Waals surface area (Å²) in [7, 11) is 0. The SMILES string of the molecule is Cc1cccc(C)c1C1=NCc2cc3c4ccccc4c4ccccc4c3cc21. The molecule has 0 bridgehead atoms. The quantitative estimate of drug-likeness (QED) is 0.278. The van der Waals surface area contributed by atoms with E-state index in [1.807, 2.05) is 0 Å². The van der Waals surface area contributed by atoms with E-state index in [0.717, 1.165) is 12.3 Å². The van der Waals surface area contributed by atoms with Gasteiger partial charge in [-0.15, -0.1) is 0 Å². The van der Waals surface area contributed by atoms with Crippen LogP contribution in [0, 0.1) is 13.8 Å². The van der Waals surface area contributed by atoms with Crippen LogP contribution in [0.1, 0.15) is 27.8 Å². The highest BCUT2D eigenvalue weighted by Gasteiger charge is 2.22. The summed E-state index contributed by atoms with van der Waals surface area (Å²) in [6.45, 7) is 5.13. The Morgan fingerprint density at radius 2 is 1.10 bits per heavy atom. The number of fused-ring (bicyclic) bond motifs is 7. The Bertz CT molecular complexity index is 1470. The predicted molar refractivity (Wildman–Crippen MR) is 124 cm³/mol. The second-order valence-electron chi connectivity index (χ2n) is 8.08. The van der Waals surface area contributed by atoms with E-state index in [-0.39, 0.29) is 0 Å². The highest BCUT2D eigenvalue weighted by Crippen LogP contribution is 2.38. The highest BCUT2D eigenvalue weighted by atomic mass is 14.8. The molecule has 0 aromatic heterocycles. The molecule has 0 fully saturated rings. The average Bonchev–Trinajstić information content (AvgIpc) is 3.15. The molecule has 0 saturated heterocycles. The first-order chi connectivity index (χ1) is 14.2. The van der Waals surface area contributed by atoms with E-state index in [4.69, 9.17) is 4.99 Å². The average molecular weight is 371 g/mol. The van der Waals surface area contributed by atoms with Crippen molar-refractivity contribution in [3.05, 3.63) is 107 Å². The van der Waals surface area contributed by atoms with Crippen molar-refractivity contribution in [2.24, 2.45) is 4.99 Å². The van der Waals surface area contributed by atoms with Gasteiger partial charge in [-0.2, -0.15) is 0 Å². The first kappa shape index (κ1) is 16.5. The van der Waals surface area contributed by atoms with Gasteiger partial charge in [0.1, 0.15) is 0 Å². The number of aryl methyl sites for hydroxylation is 2. The molecule has 1 heterocycles. The lowest BCUT2D eigenvalue weighted by Gasteiger charge is -2.14. The molecule has 0 saturated carbocycles. The first-order valence-corrected chi connectivity index (χ1v) is 10.2. The third-order valence-corrected chi connectivity index (χ3v) is 6.35. The molecule has 0 unspecified atom stereocenters. The number of benzene rings is 5. The minimum atomic E-state index is 0.759. The summed E-state index contributed by atoms with van der Waals surface area (Å²) in [5, 5.41) is 7.93. The summed E-state index contributed by atoms with van der Waals surface area (Å²) in [6, 6.07) is 28.8. The Balaban J connectivity index is 1.73. The lowest BCUT2D eigenvalue weighted by molar-refractivity contribution is 1.11. The molecule has 0 radical (unpaired) electrons. The molecule has 1 heteroatoms. The Morgan fingerprint density at radius 1 is 0.586 bits per heavy atom. The zero-order valence-corrected chi connectivity index (χ0v) is 16.7. The van der Waals surface area contributed by atoms with Gasteiger partial charge in [0.05, 0.1) is 12.3 Å². The van der Waals surface area contributed by atoms with Crippen LogP contribution in [-0.4, -0.2) is 5.71 Å². The minimum absolute atomic E-state index is 0.759. The normalized spacial score (nSPS) is 13.2. The zero-order chi connectivity index (χ0) is 19.5. The van der Waals surface area contributed by atoms with E-state index in [0.29, 0.717) is 0 Å². The molecule has 29 heavy (non-hydrogen) atoms. The topological polar surface area (TPSA) is 12.4 Å². The number of rotatable bonds is 1. The fourth-order valence-corrected chi connectivity index (χ4v) is 5.00. The van der Waals surface area contributed by atoms with Gasteiger partial charge in [0, 0.05) is 11.1 Å². The van der Waals surface area contributed by atoms with Crippen molar-refractivity contribution in [1.82, 2.24) is 0 Å². The van der Waals surface area contributed by atoms with E-state index in [9.17, 15) is 0 Å². The number of aliphatic imine (C=N–C) groups is 1. The van der Waals surface area contributed by atoms with E-state index >= 15 is 0 Å². The summed E-state index contributed by atoms with van der Waals surface area (Å²) in [6.07, 6.45) is 0. The number of hydrogen-bond donors (Lipinski definition) is 0. The third kappa shape index (κ3) is 2.31. The molecule has 138 valence electrons. The van der Waals surface area contributed by atoms with Gasteiger partial charge in [0.15, 0.2) is 0 Å². The Morgan fingerprint density at radius 3 is 1.69 bits per heavy atom. The molecule has 0 atom stereocenters. The van der Waals surface area contributed by atoms with Crippen molar-refractivity contribution in [1.29, 1.82) is 0 Å². The fraction of sp³-hybridized carbons (Fsp3) is 0.107. The number of nitrogens with zero attached hydrogens (tertiary/aromatic N) is 1. The summed E-state index contributed by atoms with van der Waals surface area (Å²) in [5.41, 5.74) is 7.64. The van der Waals surface area contributed by atoms with Gasteiger partial charge in [0.2, 0.25) is 0 Å². The van der Waals surface area contributed by atoms with Gasteiger partial charge in [-0.3, -0.25) is 4.99 Å². The maximum atomic E-state index is 5.00. The van der Waals surface area contributed by atoms with E-state index in [1.165, 1.54) is 60.1 Å². The van der Waals surface area contributed by atoms with Crippen molar-refractivity contribution in [2.75, 3.05) is 0 Å². The van der Waals surface area contributed by atoms with Gasteiger partial charge in [0.25, 0.3) is 0 Å². The maximum absolute atomic E-state index is 5.00. The van der Waals surface area contributed by atoms with Gasteiger partial charge in [-0.25, -0.2) is 0 Å². The van der Waals surface area contributed by atoms with Crippen LogP contribution in [0.2, 0.25) is 0 Å². The largest absolute Gasteiger partial charge is 0.279 e. The second kappa shape index (κ2) is 6.02. The van der Waals surface area contributed by atoms with Gasteiger partial charge < -0.3 is 0 Å². The van der Waals surface area contributed by atoms with Crippen molar-refractivity contribution < 1.29 is 0 Å². The second-order valence-corrected chi connectivity index (χ2v) is 8.08. The van der Waals surface area contributed by atoms with Crippen molar-refractivity contribution in [3.63, 3.8) is 0 Å². The summed E-state index contributed by atoms with van der Waals surface area (Å²) in [4.78, 5) is 5.00. The first-order valence-electron chi connectivity index (χ1n) is 10.2. The number of hydrogen-bond acceptors (Lipinski definition) is 1. The summed E-state index contributed by atoms with van der Waals surface area (Å²) in [5.74, 6) is 0. The van der Waals surface area contributed by atoms with Crippen molar-refractivity contribution >= 4 is 38.0 Å². The molecule has 0 spiro atoms. The molecule has 1 aliphatic rings. The van der Waals surface area contributed by atoms with Crippen LogP contribution >= 0.6 is 0 Å². The van der Waals surface area contributed by atoms with Crippen LogP contribution in [0.25, 0.3) is 32.3 Å². The van der Waals surface area contributed by atoms with E-state index < -0.39 is 0 Å². The standard InChI is InChI=1S/C28H21N/c1-17-8-7-9-18(2)27(17)28-24-15-26-23-13-6-4-11-21(23)20-10-3-5-12-22(20)25(26)14-19(24)16-29-28/h3-15H,16H2,1-2H3. The molecular weight excluding hydrogens is 350 g/mol. The monoisotopic (exact) mass is 371 g/mol. The molecule has 1 aliphatic heterocycles. The van der Waals surface area contributed by atoms with Crippen LogP contribution in [-0.2, 0) is 6.54 Å². The molecule has 0 aliphatic carbocycles. The van der Waals surface area contributed by atoms with Gasteiger partial charge in [-0.1, -0.05) is 66.7 Å². The molecular formula is C28H21N. The molecule has 0 amide bonds. The predicted octanol–water partition coefficient (Wildman–Crippen LogP) is 7.11. The van der Waals surface area contributed by atoms with E-state index in [2.05, 4.69) is 92.7 Å². The maximum Gasteiger partial charge on any atom is 0.0732 e. The van der Waals surface area contributed by atoms with Crippen LogP contribution < -0.4 is 0 Å². The molecule has 0 N–H and O–H groups in total. The minimum Gasteiger partial charge on any atom is -0.279 e. The molecule has 1 nitrogen and oxygen atoms in total. The van der Waals surface area contributed by atoms with Crippen LogP contribution in [0.5, 0.6) is 0 Å². The summed E-state index contributed by atoms with van der Waals surface area (Å²) >= 11 is 0. The van der Waals surface area contributed by atoms with Crippen molar-refractivity contribution in [2.45, 2.75) is 20.4 Å². The third-order valence-electron chi connectivity index (χ3n) is 6.35. The van der Waals surface area contributed by atoms with E-state index in [1.54, 1.807) is 0 Å². The Kier molecular flexibility index (Phi) is 3.43. The lowest BCUT2D eigenvalue weighted by Crippen LogP contribution is -2.06. The van der Waals surface area contributed by atoms with Crippen LogP contribution in [0.3, 0.4) is 0 Å². The smallest absolute Gasteiger partial charge is 0.0732 e. The zero-order valence-electron chi connectivity index (χ0n) is 16.7. The molecule has 5 aromatic rings. The summed E-state index contributed by atoms with van der Waals surface area (Å²) < 4.78 is 0. The van der Waals surface area contributed by atoms with Crippen molar-refractivity contribution in [3.8, 4) is 0 Å². The van der Waals surface area contributed by atoms with Crippen LogP contribution in [0.15, 0.2) is 83.9 Å².